The van der Waals surface area contributed by atoms with Gasteiger partial charge in [-0.3, -0.25) is 4.68 Å². The molecule has 0 atom stereocenters. The van der Waals surface area contributed by atoms with Crippen molar-refractivity contribution in [3.8, 4) is 17.1 Å². The van der Waals surface area contributed by atoms with E-state index in [0.717, 1.165) is 12.1 Å². The van der Waals surface area contributed by atoms with Gasteiger partial charge in [-0.1, -0.05) is 0 Å². The molecule has 0 radical (unpaired) electrons. The Hall–Kier alpha value is -2.44. The van der Waals surface area contributed by atoms with Crippen molar-refractivity contribution >= 4 is 5.97 Å². The third-order valence-corrected chi connectivity index (χ3v) is 2.71. The minimum atomic E-state index is -0.699. The van der Waals surface area contributed by atoms with Crippen molar-refractivity contribution in [3.05, 3.63) is 35.9 Å². The van der Waals surface area contributed by atoms with Crippen LogP contribution >= 0.6 is 0 Å². The molecule has 0 unspecified atom stereocenters. The van der Waals surface area contributed by atoms with Crippen LogP contribution in [0.1, 0.15) is 6.92 Å². The molecule has 0 amide bonds. The van der Waals surface area contributed by atoms with Crippen LogP contribution in [0.3, 0.4) is 0 Å². The predicted molar refractivity (Wildman–Crippen MR) is 70.7 cm³/mol. The Bertz CT molecular complexity index is 656. The Kier molecular flexibility index (Phi) is 4.52. The molecule has 0 bridgehead atoms. The zero-order chi connectivity index (χ0) is 15.4. The van der Waals surface area contributed by atoms with Gasteiger partial charge in [0.2, 0.25) is 5.88 Å². The van der Waals surface area contributed by atoms with E-state index in [0.29, 0.717) is 5.69 Å². The van der Waals surface area contributed by atoms with E-state index in [1.165, 1.54) is 16.8 Å². The fraction of sp³-hybridized carbons (Fsp3) is 0.286. The fourth-order valence-electron chi connectivity index (χ4n) is 1.80. The number of aryl methyl sites for hydroxylation is 1. The summed E-state index contributed by atoms with van der Waals surface area (Å²) in [6.07, 6.45) is 0. The van der Waals surface area contributed by atoms with Gasteiger partial charge in [0.15, 0.2) is 6.61 Å². The number of aromatic nitrogens is 2. The summed E-state index contributed by atoms with van der Waals surface area (Å²) in [5, 5.41) is 4.01. The summed E-state index contributed by atoms with van der Waals surface area (Å²) >= 11 is 0. The molecule has 0 saturated carbocycles. The van der Waals surface area contributed by atoms with Gasteiger partial charge in [-0.25, -0.2) is 13.6 Å². The fourth-order valence-corrected chi connectivity index (χ4v) is 1.80. The SMILES string of the molecule is CCOC(=O)COc1cc(-c2ccc(F)cc2F)n(C)n1. The van der Waals surface area contributed by atoms with E-state index in [1.807, 2.05) is 0 Å². The van der Waals surface area contributed by atoms with Crippen LogP contribution in [0.25, 0.3) is 11.3 Å². The monoisotopic (exact) mass is 296 g/mol. The molecule has 0 fully saturated rings. The van der Waals surface area contributed by atoms with Crippen LogP contribution in [0, 0.1) is 11.6 Å². The summed E-state index contributed by atoms with van der Waals surface area (Å²) in [6.45, 7) is 1.67. The van der Waals surface area contributed by atoms with Crippen molar-refractivity contribution in [2.24, 2.45) is 7.05 Å². The Labute approximate surface area is 120 Å². The van der Waals surface area contributed by atoms with E-state index < -0.39 is 17.6 Å². The molecule has 0 saturated heterocycles. The molecule has 5 nitrogen and oxygen atoms in total. The lowest BCUT2D eigenvalue weighted by Crippen LogP contribution is -2.14. The molecule has 2 aromatic rings. The van der Waals surface area contributed by atoms with E-state index in [-0.39, 0.29) is 24.7 Å². The summed E-state index contributed by atoms with van der Waals surface area (Å²) < 4.78 is 37.9. The molecule has 0 N–H and O–H groups in total. The van der Waals surface area contributed by atoms with Gasteiger partial charge in [-0.2, -0.15) is 0 Å². The minimum absolute atomic E-state index is 0.157. The second-order valence-corrected chi connectivity index (χ2v) is 4.21. The van der Waals surface area contributed by atoms with Gasteiger partial charge < -0.3 is 9.47 Å². The number of halogens is 2. The number of ether oxygens (including phenoxy) is 2. The first-order valence-electron chi connectivity index (χ1n) is 6.29. The van der Waals surface area contributed by atoms with Crippen molar-refractivity contribution in [2.75, 3.05) is 13.2 Å². The number of carbonyl (C=O) groups excluding carboxylic acids is 1. The number of esters is 1. The second kappa shape index (κ2) is 6.34. The quantitative estimate of drug-likeness (QED) is 0.795. The van der Waals surface area contributed by atoms with Crippen molar-refractivity contribution in [1.82, 2.24) is 9.78 Å². The largest absolute Gasteiger partial charge is 0.465 e. The maximum absolute atomic E-state index is 13.7. The van der Waals surface area contributed by atoms with Crippen molar-refractivity contribution in [3.63, 3.8) is 0 Å². The van der Waals surface area contributed by atoms with Gasteiger partial charge in [0.1, 0.15) is 11.6 Å². The Balaban J connectivity index is 2.17. The Morgan fingerprint density at radius 3 is 2.76 bits per heavy atom. The van der Waals surface area contributed by atoms with Crippen molar-refractivity contribution in [2.45, 2.75) is 6.92 Å². The molecule has 7 heteroatoms. The van der Waals surface area contributed by atoms with Crippen LogP contribution in [0.15, 0.2) is 24.3 Å². The van der Waals surface area contributed by atoms with Gasteiger partial charge >= 0.3 is 5.97 Å². The molecule has 0 aliphatic carbocycles. The zero-order valence-corrected chi connectivity index (χ0v) is 11.6. The van der Waals surface area contributed by atoms with Gasteiger partial charge in [-0.05, 0) is 19.1 Å². The molecule has 0 spiro atoms. The molecular weight excluding hydrogens is 282 g/mol. The summed E-state index contributed by atoms with van der Waals surface area (Å²) in [7, 11) is 1.59. The molecular formula is C14H14F2N2O3. The van der Waals surface area contributed by atoms with Gasteiger partial charge in [-0.15, -0.1) is 5.10 Å². The van der Waals surface area contributed by atoms with Crippen LogP contribution in [0.5, 0.6) is 5.88 Å². The number of benzene rings is 1. The van der Waals surface area contributed by atoms with Crippen molar-refractivity contribution < 1.29 is 23.0 Å². The summed E-state index contributed by atoms with van der Waals surface area (Å²) in [6, 6.07) is 4.73. The molecule has 112 valence electrons. The van der Waals surface area contributed by atoms with Crippen molar-refractivity contribution in [1.29, 1.82) is 0 Å². The van der Waals surface area contributed by atoms with Crippen LogP contribution in [-0.4, -0.2) is 29.0 Å². The van der Waals surface area contributed by atoms with E-state index in [1.54, 1.807) is 14.0 Å². The van der Waals surface area contributed by atoms with E-state index in [4.69, 9.17) is 9.47 Å². The zero-order valence-electron chi connectivity index (χ0n) is 11.6. The van der Waals surface area contributed by atoms with Gasteiger partial charge in [0, 0.05) is 24.7 Å². The van der Waals surface area contributed by atoms with Crippen LogP contribution in [0.2, 0.25) is 0 Å². The highest BCUT2D eigenvalue weighted by atomic mass is 19.1. The lowest BCUT2D eigenvalue weighted by molar-refractivity contribution is -0.145. The normalized spacial score (nSPS) is 10.5. The topological polar surface area (TPSA) is 53.4 Å². The third-order valence-electron chi connectivity index (χ3n) is 2.71. The first-order valence-corrected chi connectivity index (χ1v) is 6.29. The van der Waals surface area contributed by atoms with E-state index in [2.05, 4.69) is 5.10 Å². The molecule has 1 heterocycles. The Morgan fingerprint density at radius 2 is 2.10 bits per heavy atom. The third kappa shape index (κ3) is 3.56. The summed E-state index contributed by atoms with van der Waals surface area (Å²) in [5.74, 6) is -1.71. The Morgan fingerprint density at radius 1 is 1.33 bits per heavy atom. The van der Waals surface area contributed by atoms with Crippen LogP contribution in [0.4, 0.5) is 8.78 Å². The second-order valence-electron chi connectivity index (χ2n) is 4.21. The average Bonchev–Trinajstić information content (AvgIpc) is 2.78. The predicted octanol–water partition coefficient (Wildman–Crippen LogP) is 2.31. The first-order chi connectivity index (χ1) is 10.0. The summed E-state index contributed by atoms with van der Waals surface area (Å²) in [4.78, 5) is 11.2. The van der Waals surface area contributed by atoms with E-state index >= 15 is 0 Å². The average molecular weight is 296 g/mol. The lowest BCUT2D eigenvalue weighted by Gasteiger charge is -2.02. The molecule has 2 rings (SSSR count). The number of nitrogens with zero attached hydrogens (tertiary/aromatic N) is 2. The van der Waals surface area contributed by atoms with Crippen LogP contribution < -0.4 is 4.74 Å². The highest BCUT2D eigenvalue weighted by Crippen LogP contribution is 2.26. The number of rotatable bonds is 5. The molecule has 0 aliphatic heterocycles. The summed E-state index contributed by atoms with van der Waals surface area (Å²) in [5.41, 5.74) is 0.601. The maximum Gasteiger partial charge on any atom is 0.344 e. The standard InChI is InChI=1S/C14H14F2N2O3/c1-3-20-14(19)8-21-13-7-12(18(2)17-13)10-5-4-9(15)6-11(10)16/h4-7H,3,8H2,1-2H3. The first kappa shape index (κ1) is 15.0. The highest BCUT2D eigenvalue weighted by Gasteiger charge is 2.14. The number of hydrogen-bond donors (Lipinski definition) is 0. The minimum Gasteiger partial charge on any atom is -0.465 e. The van der Waals surface area contributed by atoms with Gasteiger partial charge in [0.05, 0.1) is 12.3 Å². The smallest absolute Gasteiger partial charge is 0.344 e. The molecule has 1 aromatic heterocycles. The molecule has 21 heavy (non-hydrogen) atoms. The lowest BCUT2D eigenvalue weighted by atomic mass is 10.1. The number of carbonyl (C=O) groups is 1. The molecule has 1 aromatic carbocycles. The highest BCUT2D eigenvalue weighted by molar-refractivity contribution is 5.71. The van der Waals surface area contributed by atoms with Crippen LogP contribution in [-0.2, 0) is 16.6 Å². The maximum atomic E-state index is 13.7. The van der Waals surface area contributed by atoms with Gasteiger partial charge in [0.25, 0.3) is 0 Å². The van der Waals surface area contributed by atoms with E-state index in [9.17, 15) is 13.6 Å². The number of hydrogen-bond acceptors (Lipinski definition) is 4. The molecule has 0 aliphatic rings.